The number of fused-ring (bicyclic) bond motifs is 1. The van der Waals surface area contributed by atoms with Crippen molar-refractivity contribution in [3.05, 3.63) is 42.0 Å². The number of hydrogen-bond acceptors (Lipinski definition) is 6. The quantitative estimate of drug-likeness (QED) is 0.685. The molecule has 0 bridgehead atoms. The Labute approximate surface area is 153 Å². The first kappa shape index (κ1) is 17.6. The average Bonchev–Trinajstić information content (AvgIpc) is 2.67. The van der Waals surface area contributed by atoms with E-state index in [1.807, 2.05) is 13.0 Å². The molecule has 3 aromatic heterocycles. The predicted molar refractivity (Wildman–Crippen MR) is 93.3 cm³/mol. The fraction of sp³-hybridized carbons (Fsp3) is 0.333. The van der Waals surface area contributed by atoms with Crippen molar-refractivity contribution in [3.63, 3.8) is 0 Å². The zero-order valence-electron chi connectivity index (χ0n) is 14.5. The van der Waals surface area contributed by atoms with Crippen LogP contribution >= 0.6 is 0 Å². The summed E-state index contributed by atoms with van der Waals surface area (Å²) in [4.78, 5) is 19.2. The van der Waals surface area contributed by atoms with Crippen molar-refractivity contribution in [3.8, 4) is 11.3 Å². The summed E-state index contributed by atoms with van der Waals surface area (Å²) >= 11 is 0. The van der Waals surface area contributed by atoms with E-state index in [4.69, 9.17) is 4.74 Å². The van der Waals surface area contributed by atoms with E-state index >= 15 is 0 Å². The molecule has 3 aromatic rings. The van der Waals surface area contributed by atoms with Crippen LogP contribution in [-0.4, -0.2) is 46.2 Å². The number of alkyl halides is 3. The third-order valence-electron chi connectivity index (χ3n) is 4.30. The molecule has 4 heterocycles. The number of aromatic nitrogens is 4. The zero-order chi connectivity index (χ0) is 19.0. The zero-order valence-corrected chi connectivity index (χ0v) is 14.5. The van der Waals surface area contributed by atoms with Gasteiger partial charge < -0.3 is 9.64 Å². The summed E-state index contributed by atoms with van der Waals surface area (Å²) in [6, 6.07) is 4.16. The van der Waals surface area contributed by atoms with Crippen LogP contribution in [0.5, 0.6) is 0 Å². The van der Waals surface area contributed by atoms with Gasteiger partial charge in [0, 0.05) is 37.1 Å². The molecule has 1 fully saturated rings. The van der Waals surface area contributed by atoms with Crippen molar-refractivity contribution in [1.82, 2.24) is 19.9 Å². The van der Waals surface area contributed by atoms with Crippen LogP contribution in [0.4, 0.5) is 19.0 Å². The second kappa shape index (κ2) is 6.73. The molecule has 4 rings (SSSR count). The highest BCUT2D eigenvalue weighted by Gasteiger charge is 2.32. The lowest BCUT2D eigenvalue weighted by atomic mass is 10.1. The molecule has 0 amide bonds. The Bertz CT molecular complexity index is 969. The molecule has 140 valence electrons. The number of nitrogens with zero attached hydrogens (tertiary/aromatic N) is 5. The molecule has 0 atom stereocenters. The third kappa shape index (κ3) is 3.55. The van der Waals surface area contributed by atoms with Gasteiger partial charge in [0.15, 0.2) is 0 Å². The normalized spacial score (nSPS) is 15.3. The first-order valence-electron chi connectivity index (χ1n) is 8.42. The van der Waals surface area contributed by atoms with Crippen molar-refractivity contribution >= 4 is 16.9 Å². The lowest BCUT2D eigenvalue weighted by Gasteiger charge is -2.28. The predicted octanol–water partition coefficient (Wildman–Crippen LogP) is 3.25. The molecule has 0 aliphatic carbocycles. The maximum atomic E-state index is 12.8. The topological polar surface area (TPSA) is 64.0 Å². The van der Waals surface area contributed by atoms with Crippen LogP contribution in [0.2, 0.25) is 0 Å². The maximum Gasteiger partial charge on any atom is 0.433 e. The molecular weight excluding hydrogens is 359 g/mol. The Hall–Kier alpha value is -2.81. The molecule has 9 heteroatoms. The second-order valence-corrected chi connectivity index (χ2v) is 6.24. The van der Waals surface area contributed by atoms with Crippen LogP contribution in [0.25, 0.3) is 22.3 Å². The van der Waals surface area contributed by atoms with Crippen LogP contribution in [-0.2, 0) is 10.9 Å². The van der Waals surface area contributed by atoms with Crippen molar-refractivity contribution < 1.29 is 17.9 Å². The van der Waals surface area contributed by atoms with Crippen LogP contribution in [0, 0.1) is 6.92 Å². The van der Waals surface area contributed by atoms with Gasteiger partial charge >= 0.3 is 6.18 Å². The van der Waals surface area contributed by atoms with Crippen LogP contribution in [0.1, 0.15) is 11.4 Å². The number of anilines is 1. The smallest absolute Gasteiger partial charge is 0.378 e. The Morgan fingerprint density at radius 2 is 1.81 bits per heavy atom. The molecule has 0 aromatic carbocycles. The van der Waals surface area contributed by atoms with Gasteiger partial charge in [-0.3, -0.25) is 9.97 Å². The fourth-order valence-corrected chi connectivity index (χ4v) is 2.96. The average molecular weight is 375 g/mol. The molecule has 6 nitrogen and oxygen atoms in total. The van der Waals surface area contributed by atoms with Gasteiger partial charge in [-0.2, -0.15) is 13.2 Å². The van der Waals surface area contributed by atoms with Gasteiger partial charge in [-0.1, -0.05) is 0 Å². The van der Waals surface area contributed by atoms with E-state index in [0.717, 1.165) is 11.8 Å². The van der Waals surface area contributed by atoms with Gasteiger partial charge in [0.2, 0.25) is 0 Å². The highest BCUT2D eigenvalue weighted by atomic mass is 19.4. The monoisotopic (exact) mass is 375 g/mol. The van der Waals surface area contributed by atoms with E-state index in [2.05, 4.69) is 24.8 Å². The number of hydrogen-bond donors (Lipinski definition) is 0. The molecule has 0 spiro atoms. The van der Waals surface area contributed by atoms with E-state index in [1.165, 1.54) is 12.3 Å². The largest absolute Gasteiger partial charge is 0.433 e. The molecule has 1 saturated heterocycles. The minimum atomic E-state index is -4.49. The number of aryl methyl sites for hydroxylation is 1. The van der Waals surface area contributed by atoms with Crippen LogP contribution in [0.15, 0.2) is 30.6 Å². The van der Waals surface area contributed by atoms with Gasteiger partial charge in [0.05, 0.1) is 24.4 Å². The van der Waals surface area contributed by atoms with E-state index in [1.54, 1.807) is 6.20 Å². The first-order valence-corrected chi connectivity index (χ1v) is 8.42. The molecule has 1 aliphatic rings. The minimum absolute atomic E-state index is 0.460. The lowest BCUT2D eigenvalue weighted by molar-refractivity contribution is -0.141. The molecule has 0 unspecified atom stereocenters. The van der Waals surface area contributed by atoms with E-state index in [0.29, 0.717) is 54.4 Å². The summed E-state index contributed by atoms with van der Waals surface area (Å²) in [6.45, 7) is 4.39. The third-order valence-corrected chi connectivity index (χ3v) is 4.30. The summed E-state index contributed by atoms with van der Waals surface area (Å²) < 4.78 is 43.8. The number of ether oxygens (including phenoxy) is 1. The highest BCUT2D eigenvalue weighted by Crippen LogP contribution is 2.31. The number of rotatable bonds is 2. The van der Waals surface area contributed by atoms with E-state index in [-0.39, 0.29) is 0 Å². The molecule has 1 aliphatic heterocycles. The van der Waals surface area contributed by atoms with Crippen molar-refractivity contribution in [2.75, 3.05) is 31.2 Å². The van der Waals surface area contributed by atoms with Gasteiger partial charge in [0.25, 0.3) is 0 Å². The van der Waals surface area contributed by atoms with Gasteiger partial charge in [-0.15, -0.1) is 0 Å². The van der Waals surface area contributed by atoms with Gasteiger partial charge in [-0.25, -0.2) is 9.97 Å². The second-order valence-electron chi connectivity index (χ2n) is 6.24. The fourth-order valence-electron chi connectivity index (χ4n) is 2.96. The molecule has 0 radical (unpaired) electrons. The van der Waals surface area contributed by atoms with Crippen LogP contribution < -0.4 is 4.90 Å². The lowest BCUT2D eigenvalue weighted by Crippen LogP contribution is -2.36. The number of morpholine rings is 1. The summed E-state index contributed by atoms with van der Waals surface area (Å²) in [6.07, 6.45) is -1.70. The molecule has 0 N–H and O–H groups in total. The Morgan fingerprint density at radius 1 is 1.04 bits per heavy atom. The minimum Gasteiger partial charge on any atom is -0.378 e. The summed E-state index contributed by atoms with van der Waals surface area (Å²) in [5, 5.41) is 0. The van der Waals surface area contributed by atoms with E-state index in [9.17, 15) is 13.2 Å². The van der Waals surface area contributed by atoms with Crippen molar-refractivity contribution in [1.29, 1.82) is 0 Å². The SMILES string of the molecule is Cc1cnc2c(-c3ccc(C(F)(F)F)nc3)nc(N3CCOCC3)cc2n1. The van der Waals surface area contributed by atoms with Crippen molar-refractivity contribution in [2.24, 2.45) is 0 Å². The summed E-state index contributed by atoms with van der Waals surface area (Å²) in [5.41, 5.74) is 1.89. The maximum absolute atomic E-state index is 12.8. The summed E-state index contributed by atoms with van der Waals surface area (Å²) in [7, 11) is 0. The number of pyridine rings is 2. The van der Waals surface area contributed by atoms with Gasteiger partial charge in [-0.05, 0) is 19.1 Å². The Morgan fingerprint density at radius 3 is 2.48 bits per heavy atom. The van der Waals surface area contributed by atoms with Crippen LogP contribution in [0.3, 0.4) is 0 Å². The highest BCUT2D eigenvalue weighted by molar-refractivity contribution is 5.90. The van der Waals surface area contributed by atoms with Crippen molar-refractivity contribution in [2.45, 2.75) is 13.1 Å². The first-order chi connectivity index (χ1) is 12.9. The van der Waals surface area contributed by atoms with E-state index < -0.39 is 11.9 Å². The molecular formula is C18H16F3N5O. The molecule has 27 heavy (non-hydrogen) atoms. The summed E-state index contributed by atoms with van der Waals surface area (Å²) in [5.74, 6) is 0.695. The Kier molecular flexibility index (Phi) is 4.39. The standard InChI is InChI=1S/C18H16F3N5O/c1-11-9-23-17-13(24-11)8-15(26-4-6-27-7-5-26)25-16(17)12-2-3-14(22-10-12)18(19,20)21/h2-3,8-10H,4-7H2,1H3. The molecule has 0 saturated carbocycles. The van der Waals surface area contributed by atoms with Gasteiger partial charge in [0.1, 0.15) is 22.7 Å². The number of halogens is 3. The Balaban J connectivity index is 1.85.